The average Bonchev–Trinajstić information content (AvgIpc) is 3.21. The molecule has 152 valence electrons. The van der Waals surface area contributed by atoms with Crippen LogP contribution in [0.25, 0.3) is 0 Å². The number of nitrogens with zero attached hydrogens (tertiary/aromatic N) is 4. The molecule has 1 fully saturated rings. The lowest BCUT2D eigenvalue weighted by Crippen LogP contribution is -2.16. The fraction of sp³-hybridized carbons (Fsp3) is 0.611. The maximum Gasteiger partial charge on any atom is 0.271 e. The normalized spacial score (nSPS) is 23.9. The lowest BCUT2D eigenvalue weighted by atomic mass is 10.0. The molecule has 4 rings (SSSR count). The van der Waals surface area contributed by atoms with Gasteiger partial charge < -0.3 is 0 Å². The van der Waals surface area contributed by atoms with Crippen LogP contribution in [0.4, 0.5) is 5.82 Å². The van der Waals surface area contributed by atoms with Gasteiger partial charge in [-0.3, -0.25) is 19.3 Å². The highest BCUT2D eigenvalue weighted by Crippen LogP contribution is 2.46. The van der Waals surface area contributed by atoms with Crippen molar-refractivity contribution in [3.63, 3.8) is 0 Å². The van der Waals surface area contributed by atoms with Gasteiger partial charge in [-0.1, -0.05) is 11.8 Å². The molecule has 2 aromatic rings. The van der Waals surface area contributed by atoms with Gasteiger partial charge in [-0.05, 0) is 41.0 Å². The van der Waals surface area contributed by atoms with E-state index >= 15 is 0 Å². The average molecular weight is 424 g/mol. The van der Waals surface area contributed by atoms with Crippen LogP contribution in [0, 0.1) is 13.8 Å². The first-order valence-corrected chi connectivity index (χ1v) is 12.1. The smallest absolute Gasteiger partial charge is 0.268 e. The minimum absolute atomic E-state index is 0.0883. The predicted octanol–water partition coefficient (Wildman–Crippen LogP) is 2.82. The van der Waals surface area contributed by atoms with Crippen molar-refractivity contribution < 1.29 is 8.42 Å². The van der Waals surface area contributed by atoms with Gasteiger partial charge in [-0.25, -0.2) is 13.4 Å². The lowest BCUT2D eigenvalue weighted by molar-refractivity contribution is 0.485. The van der Waals surface area contributed by atoms with Gasteiger partial charge >= 0.3 is 0 Å². The van der Waals surface area contributed by atoms with Crippen molar-refractivity contribution >= 4 is 32.5 Å². The highest BCUT2D eigenvalue weighted by atomic mass is 32.2. The van der Waals surface area contributed by atoms with Gasteiger partial charge in [-0.2, -0.15) is 5.10 Å². The van der Waals surface area contributed by atoms with Crippen LogP contribution >= 0.6 is 11.8 Å². The number of hydrogen-bond donors (Lipinski definition) is 1. The Morgan fingerprint density at radius 3 is 2.54 bits per heavy atom. The molecule has 2 aromatic heterocycles. The van der Waals surface area contributed by atoms with E-state index in [1.54, 1.807) is 11.8 Å². The molecule has 2 atom stereocenters. The van der Waals surface area contributed by atoms with Crippen molar-refractivity contribution in [2.24, 2.45) is 4.99 Å². The third-order valence-electron chi connectivity index (χ3n) is 5.46. The number of nitrogens with one attached hydrogen (secondary N) is 1. The number of thioether (sulfide) groups is 1. The van der Waals surface area contributed by atoms with Gasteiger partial charge in [0.15, 0.2) is 15.7 Å². The van der Waals surface area contributed by atoms with Crippen molar-refractivity contribution in [2.75, 3.05) is 11.5 Å². The fourth-order valence-electron chi connectivity index (χ4n) is 4.17. The number of H-pyrrole nitrogens is 1. The Hall–Kier alpha value is -1.81. The predicted molar refractivity (Wildman–Crippen MR) is 112 cm³/mol. The number of aryl methyl sites for hydroxylation is 1. The summed E-state index contributed by atoms with van der Waals surface area (Å²) >= 11 is 1.55. The van der Waals surface area contributed by atoms with Gasteiger partial charge in [-0.15, -0.1) is 0 Å². The SMILES string of the molecule is CC1=Nc2c(c(=O)[nH]n2C(C)C)[C@@H](c2c(C)nn([C@H]3CCS(=O)(=O)C3)c2C)S1. The third kappa shape index (κ3) is 3.06. The maximum atomic E-state index is 12.8. The molecule has 0 bridgehead atoms. The molecule has 0 aliphatic carbocycles. The molecule has 0 amide bonds. The molecule has 0 aromatic carbocycles. The fourth-order valence-corrected chi connectivity index (χ4v) is 7.13. The Balaban J connectivity index is 1.84. The molecule has 0 unspecified atom stereocenters. The summed E-state index contributed by atoms with van der Waals surface area (Å²) in [5.41, 5.74) is 3.25. The van der Waals surface area contributed by atoms with Crippen molar-refractivity contribution in [1.29, 1.82) is 0 Å². The van der Waals surface area contributed by atoms with E-state index in [9.17, 15) is 13.2 Å². The Bertz CT molecular complexity index is 1140. The zero-order valence-electron chi connectivity index (χ0n) is 16.7. The number of aromatic amines is 1. The van der Waals surface area contributed by atoms with Gasteiger partial charge in [0, 0.05) is 17.3 Å². The second-order valence-electron chi connectivity index (χ2n) is 7.86. The Morgan fingerprint density at radius 2 is 1.93 bits per heavy atom. The summed E-state index contributed by atoms with van der Waals surface area (Å²) in [6, 6.07) is -0.0517. The minimum Gasteiger partial charge on any atom is -0.268 e. The third-order valence-corrected chi connectivity index (χ3v) is 8.35. The summed E-state index contributed by atoms with van der Waals surface area (Å²) in [5, 5.41) is 8.29. The Labute approximate surface area is 168 Å². The van der Waals surface area contributed by atoms with Gasteiger partial charge in [0.2, 0.25) is 0 Å². The van der Waals surface area contributed by atoms with Crippen LogP contribution in [0.3, 0.4) is 0 Å². The van der Waals surface area contributed by atoms with Crippen molar-refractivity contribution in [1.82, 2.24) is 19.6 Å². The molecule has 2 aliphatic rings. The van der Waals surface area contributed by atoms with E-state index in [0.717, 1.165) is 22.0 Å². The second-order valence-corrected chi connectivity index (χ2v) is 11.4. The molecule has 0 saturated carbocycles. The van der Waals surface area contributed by atoms with Crippen molar-refractivity contribution in [3.05, 3.63) is 32.9 Å². The van der Waals surface area contributed by atoms with Gasteiger partial charge in [0.05, 0.1) is 39.1 Å². The van der Waals surface area contributed by atoms with E-state index < -0.39 is 9.84 Å². The summed E-state index contributed by atoms with van der Waals surface area (Å²) in [4.78, 5) is 17.4. The number of fused-ring (bicyclic) bond motifs is 1. The molecule has 8 nitrogen and oxygen atoms in total. The van der Waals surface area contributed by atoms with Crippen molar-refractivity contribution in [3.8, 4) is 0 Å². The summed E-state index contributed by atoms with van der Waals surface area (Å²) in [6.07, 6.45) is 0.581. The topological polar surface area (TPSA) is 102 Å². The number of rotatable bonds is 3. The minimum atomic E-state index is -3.00. The Morgan fingerprint density at radius 1 is 1.21 bits per heavy atom. The van der Waals surface area contributed by atoms with Crippen LogP contribution in [0.15, 0.2) is 9.79 Å². The summed E-state index contributed by atoms with van der Waals surface area (Å²) in [7, 11) is -3.00. The van der Waals surface area contributed by atoms with E-state index in [4.69, 9.17) is 0 Å². The van der Waals surface area contributed by atoms with Crippen LogP contribution in [-0.4, -0.2) is 44.5 Å². The molecular weight excluding hydrogens is 398 g/mol. The van der Waals surface area contributed by atoms with E-state index in [-0.39, 0.29) is 34.4 Å². The first kappa shape index (κ1) is 19.5. The lowest BCUT2D eigenvalue weighted by Gasteiger charge is -2.22. The van der Waals surface area contributed by atoms with Gasteiger partial charge in [0.1, 0.15) is 0 Å². The van der Waals surface area contributed by atoms with E-state index in [1.165, 1.54) is 0 Å². The molecule has 4 heterocycles. The first-order valence-electron chi connectivity index (χ1n) is 9.41. The van der Waals surface area contributed by atoms with Gasteiger partial charge in [0.25, 0.3) is 5.56 Å². The Kier molecular flexibility index (Phi) is 4.61. The molecule has 10 heteroatoms. The van der Waals surface area contributed by atoms with E-state index in [1.807, 2.05) is 44.0 Å². The highest BCUT2D eigenvalue weighted by Gasteiger charge is 2.36. The van der Waals surface area contributed by atoms with E-state index in [0.29, 0.717) is 17.8 Å². The van der Waals surface area contributed by atoms with Crippen molar-refractivity contribution in [2.45, 2.75) is 58.4 Å². The maximum absolute atomic E-state index is 12.8. The number of aromatic nitrogens is 4. The highest BCUT2D eigenvalue weighted by molar-refractivity contribution is 8.14. The number of aliphatic imine (C=N–C) groups is 1. The van der Waals surface area contributed by atoms with E-state index in [2.05, 4.69) is 15.2 Å². The quantitative estimate of drug-likeness (QED) is 0.818. The molecule has 2 aliphatic heterocycles. The largest absolute Gasteiger partial charge is 0.271 e. The summed E-state index contributed by atoms with van der Waals surface area (Å²) in [6.45, 7) is 9.85. The zero-order valence-corrected chi connectivity index (χ0v) is 18.3. The van der Waals surface area contributed by atoms with Crippen LogP contribution in [0.5, 0.6) is 0 Å². The molecule has 1 N–H and O–H groups in total. The van der Waals surface area contributed by atoms with Crippen LogP contribution in [0.1, 0.15) is 67.0 Å². The second kappa shape index (κ2) is 6.62. The molecule has 0 radical (unpaired) electrons. The molecule has 1 saturated heterocycles. The molecule has 28 heavy (non-hydrogen) atoms. The standard InChI is InChI=1S/C18H25N5O3S2/c1-9(2)22-17-15(18(24)21-22)16(27-12(5)19-17)14-10(3)20-23(11(14)4)13-6-7-28(25,26)8-13/h9,13,16H,6-8H2,1-5H3,(H,21,24)/t13-,16+/m0/s1. The van der Waals surface area contributed by atoms with Crippen LogP contribution < -0.4 is 5.56 Å². The summed E-state index contributed by atoms with van der Waals surface area (Å²) in [5.74, 6) is 1.01. The first-order chi connectivity index (χ1) is 13.1. The summed E-state index contributed by atoms with van der Waals surface area (Å²) < 4.78 is 27.5. The van der Waals surface area contributed by atoms with Crippen LogP contribution in [-0.2, 0) is 9.84 Å². The molecular formula is C18H25N5O3S2. The monoisotopic (exact) mass is 423 g/mol. The number of hydrogen-bond acceptors (Lipinski definition) is 6. The van der Waals surface area contributed by atoms with Crippen LogP contribution in [0.2, 0.25) is 0 Å². The zero-order chi connectivity index (χ0) is 20.4. The molecule has 0 spiro atoms. The number of sulfone groups is 1.